The summed E-state index contributed by atoms with van der Waals surface area (Å²) in [4.78, 5) is 0. The van der Waals surface area contributed by atoms with Crippen molar-refractivity contribution in [1.82, 2.24) is 9.78 Å². The lowest BCUT2D eigenvalue weighted by molar-refractivity contribution is -0.0994. The van der Waals surface area contributed by atoms with Gasteiger partial charge in [0.15, 0.2) is 0 Å². The van der Waals surface area contributed by atoms with Gasteiger partial charge in [-0.25, -0.2) is 0 Å². The van der Waals surface area contributed by atoms with Gasteiger partial charge in [-0.1, -0.05) is 20.8 Å². The Kier molecular flexibility index (Phi) is 3.06. The second kappa shape index (κ2) is 4.21. The van der Waals surface area contributed by atoms with Crippen LogP contribution in [0.3, 0.4) is 0 Å². The van der Waals surface area contributed by atoms with Crippen LogP contribution in [0, 0.1) is 11.8 Å². The minimum absolute atomic E-state index is 0.611. The molecule has 3 nitrogen and oxygen atoms in total. The first-order valence-electron chi connectivity index (χ1n) is 6.31. The van der Waals surface area contributed by atoms with Crippen LogP contribution >= 0.6 is 0 Å². The molecule has 0 aromatic carbocycles. The normalized spacial score (nSPS) is 29.4. The fourth-order valence-electron chi connectivity index (χ4n) is 2.61. The molecular weight excluding hydrogens is 200 g/mol. The molecule has 1 aromatic heterocycles. The van der Waals surface area contributed by atoms with Crippen LogP contribution in [-0.4, -0.2) is 14.9 Å². The van der Waals surface area contributed by atoms with Crippen molar-refractivity contribution in [2.75, 3.05) is 0 Å². The number of nitrogens with zero attached hydrogens (tertiary/aromatic N) is 2. The molecule has 1 N–H and O–H groups in total. The molecule has 0 spiro atoms. The van der Waals surface area contributed by atoms with E-state index in [0.717, 1.165) is 31.5 Å². The maximum Gasteiger partial charge on any atom is 0.107 e. The van der Waals surface area contributed by atoms with Crippen molar-refractivity contribution in [3.63, 3.8) is 0 Å². The van der Waals surface area contributed by atoms with Gasteiger partial charge >= 0.3 is 0 Å². The largest absolute Gasteiger partial charge is 0.384 e. The Balaban J connectivity index is 2.10. The van der Waals surface area contributed by atoms with E-state index in [1.165, 1.54) is 0 Å². The topological polar surface area (TPSA) is 38.0 Å². The molecule has 1 aliphatic carbocycles. The smallest absolute Gasteiger partial charge is 0.107 e. The number of hydrogen-bond donors (Lipinski definition) is 1. The number of aryl methyl sites for hydroxylation is 1. The Bertz CT molecular complexity index is 351. The van der Waals surface area contributed by atoms with Gasteiger partial charge in [0.05, 0.1) is 5.69 Å². The number of rotatable bonds is 4. The Morgan fingerprint density at radius 1 is 1.56 bits per heavy atom. The summed E-state index contributed by atoms with van der Waals surface area (Å²) < 4.78 is 1.95. The first kappa shape index (κ1) is 11.6. The van der Waals surface area contributed by atoms with Crippen molar-refractivity contribution in [2.24, 2.45) is 11.8 Å². The van der Waals surface area contributed by atoms with Crippen LogP contribution in [0.5, 0.6) is 0 Å². The van der Waals surface area contributed by atoms with E-state index >= 15 is 0 Å². The molecular formula is C13H22N2O. The zero-order chi connectivity index (χ0) is 11.8. The average Bonchev–Trinajstić information content (AvgIpc) is 2.62. The Morgan fingerprint density at radius 3 is 2.81 bits per heavy atom. The molecule has 0 aliphatic heterocycles. The van der Waals surface area contributed by atoms with E-state index in [4.69, 9.17) is 0 Å². The lowest BCUT2D eigenvalue weighted by Crippen LogP contribution is -2.44. The minimum Gasteiger partial charge on any atom is -0.384 e. The maximum atomic E-state index is 10.5. The lowest BCUT2D eigenvalue weighted by Gasteiger charge is -2.45. The van der Waals surface area contributed by atoms with Crippen LogP contribution in [0.25, 0.3) is 0 Å². The zero-order valence-electron chi connectivity index (χ0n) is 10.5. The second-order valence-electron chi connectivity index (χ2n) is 5.38. The highest BCUT2D eigenvalue weighted by atomic mass is 16.3. The number of aromatic nitrogens is 2. The molecule has 1 heterocycles. The SMILES string of the molecule is CCCn1nccc1C1(O)CC(C(C)C)C1. The van der Waals surface area contributed by atoms with Gasteiger partial charge in [0.25, 0.3) is 0 Å². The summed E-state index contributed by atoms with van der Waals surface area (Å²) in [7, 11) is 0. The Hall–Kier alpha value is -0.830. The van der Waals surface area contributed by atoms with Crippen LogP contribution in [0.2, 0.25) is 0 Å². The molecule has 0 atom stereocenters. The minimum atomic E-state index is -0.611. The van der Waals surface area contributed by atoms with Gasteiger partial charge in [0.2, 0.25) is 0 Å². The summed E-state index contributed by atoms with van der Waals surface area (Å²) >= 11 is 0. The summed E-state index contributed by atoms with van der Waals surface area (Å²) in [6.45, 7) is 7.49. The lowest BCUT2D eigenvalue weighted by atomic mass is 9.65. The highest BCUT2D eigenvalue weighted by molar-refractivity contribution is 5.17. The van der Waals surface area contributed by atoms with Gasteiger partial charge in [-0.3, -0.25) is 4.68 Å². The predicted molar refractivity (Wildman–Crippen MR) is 64.0 cm³/mol. The van der Waals surface area contributed by atoms with Gasteiger partial charge in [0, 0.05) is 12.7 Å². The van der Waals surface area contributed by atoms with Crippen LogP contribution in [-0.2, 0) is 12.1 Å². The molecule has 1 saturated carbocycles. The summed E-state index contributed by atoms with van der Waals surface area (Å²) in [6, 6.07) is 1.96. The highest BCUT2D eigenvalue weighted by Gasteiger charge is 2.46. The quantitative estimate of drug-likeness (QED) is 0.850. The fraction of sp³-hybridized carbons (Fsp3) is 0.769. The van der Waals surface area contributed by atoms with Crippen LogP contribution < -0.4 is 0 Å². The zero-order valence-corrected chi connectivity index (χ0v) is 10.5. The maximum absolute atomic E-state index is 10.5. The molecule has 0 unspecified atom stereocenters. The van der Waals surface area contributed by atoms with Gasteiger partial charge in [-0.15, -0.1) is 0 Å². The van der Waals surface area contributed by atoms with E-state index in [0.29, 0.717) is 11.8 Å². The van der Waals surface area contributed by atoms with E-state index < -0.39 is 5.60 Å². The molecule has 3 heteroatoms. The van der Waals surface area contributed by atoms with E-state index in [2.05, 4.69) is 25.9 Å². The average molecular weight is 222 g/mol. The summed E-state index contributed by atoms with van der Waals surface area (Å²) in [5.74, 6) is 1.33. The molecule has 0 radical (unpaired) electrons. The molecule has 1 aromatic rings. The third kappa shape index (κ3) is 1.88. The third-order valence-corrected chi connectivity index (χ3v) is 3.77. The van der Waals surface area contributed by atoms with E-state index in [-0.39, 0.29) is 0 Å². The van der Waals surface area contributed by atoms with E-state index in [1.807, 2.05) is 10.7 Å². The number of hydrogen-bond acceptors (Lipinski definition) is 2. The highest BCUT2D eigenvalue weighted by Crippen LogP contribution is 2.48. The monoisotopic (exact) mass is 222 g/mol. The standard InChI is InChI=1S/C13H22N2O/c1-4-7-15-12(5-6-14-15)13(16)8-11(9-13)10(2)3/h5-6,10-11,16H,4,7-9H2,1-3H3. The molecule has 1 fully saturated rings. The second-order valence-corrected chi connectivity index (χ2v) is 5.38. The van der Waals surface area contributed by atoms with E-state index in [1.54, 1.807) is 6.20 Å². The van der Waals surface area contributed by atoms with Crippen molar-refractivity contribution in [3.05, 3.63) is 18.0 Å². The molecule has 16 heavy (non-hydrogen) atoms. The first-order valence-corrected chi connectivity index (χ1v) is 6.31. The van der Waals surface area contributed by atoms with Crippen molar-refractivity contribution < 1.29 is 5.11 Å². The number of aliphatic hydroxyl groups is 1. The Labute approximate surface area is 97.5 Å². The van der Waals surface area contributed by atoms with E-state index in [9.17, 15) is 5.11 Å². The first-order chi connectivity index (χ1) is 7.57. The fourth-order valence-corrected chi connectivity index (χ4v) is 2.61. The molecule has 90 valence electrons. The van der Waals surface area contributed by atoms with Crippen molar-refractivity contribution in [1.29, 1.82) is 0 Å². The van der Waals surface area contributed by atoms with Gasteiger partial charge in [-0.2, -0.15) is 5.10 Å². The molecule has 2 rings (SSSR count). The molecule has 0 saturated heterocycles. The molecule has 0 amide bonds. The molecule has 1 aliphatic rings. The molecule has 0 bridgehead atoms. The van der Waals surface area contributed by atoms with Crippen molar-refractivity contribution in [3.8, 4) is 0 Å². The summed E-state index contributed by atoms with van der Waals surface area (Å²) in [5.41, 5.74) is 0.395. The van der Waals surface area contributed by atoms with Crippen LogP contribution in [0.4, 0.5) is 0 Å². The summed E-state index contributed by atoms with van der Waals surface area (Å²) in [5, 5.41) is 14.8. The van der Waals surface area contributed by atoms with Gasteiger partial charge in [0.1, 0.15) is 5.60 Å². The summed E-state index contributed by atoms with van der Waals surface area (Å²) in [6.07, 6.45) is 4.63. The van der Waals surface area contributed by atoms with Gasteiger partial charge < -0.3 is 5.11 Å². The van der Waals surface area contributed by atoms with Crippen LogP contribution in [0.1, 0.15) is 45.7 Å². The van der Waals surface area contributed by atoms with Crippen molar-refractivity contribution in [2.45, 2.75) is 52.2 Å². The van der Waals surface area contributed by atoms with Gasteiger partial charge in [-0.05, 0) is 37.2 Å². The predicted octanol–water partition coefficient (Wildman–Crippen LogP) is 2.55. The third-order valence-electron chi connectivity index (χ3n) is 3.77. The Morgan fingerprint density at radius 2 is 2.25 bits per heavy atom. The van der Waals surface area contributed by atoms with Crippen LogP contribution in [0.15, 0.2) is 12.3 Å². The van der Waals surface area contributed by atoms with Crippen molar-refractivity contribution >= 4 is 0 Å².